The summed E-state index contributed by atoms with van der Waals surface area (Å²) >= 11 is -1.15. The van der Waals surface area contributed by atoms with Crippen molar-refractivity contribution in [2.24, 2.45) is 5.16 Å². The van der Waals surface area contributed by atoms with E-state index in [4.69, 9.17) is 4.84 Å². The lowest BCUT2D eigenvalue weighted by molar-refractivity contribution is 0.0827. The molecule has 0 spiro atoms. The lowest BCUT2D eigenvalue weighted by Gasteiger charge is -2.31. The van der Waals surface area contributed by atoms with Gasteiger partial charge in [0.05, 0.1) is 24.9 Å². The molecule has 2 aliphatic heterocycles. The Morgan fingerprint density at radius 1 is 1.41 bits per heavy atom. The van der Waals surface area contributed by atoms with Crippen molar-refractivity contribution in [3.8, 4) is 0 Å². The Hall–Kier alpha value is -1.94. The molecule has 10 heteroatoms. The molecule has 0 aliphatic carbocycles. The number of alkyl halides is 1. The molecule has 3 rings (SSSR count). The number of benzene rings is 1. The number of ether oxygens (including phenoxy) is 1. The Labute approximate surface area is 157 Å². The van der Waals surface area contributed by atoms with E-state index in [9.17, 15) is 18.1 Å². The quantitative estimate of drug-likeness (QED) is 0.782. The molecule has 0 aromatic heterocycles. The predicted octanol–water partition coefficient (Wildman–Crippen LogP) is 2.52. The van der Waals surface area contributed by atoms with Gasteiger partial charge in [-0.15, -0.1) is 0 Å². The van der Waals surface area contributed by atoms with Gasteiger partial charge in [0.25, 0.3) is 0 Å². The molecule has 2 heterocycles. The highest BCUT2D eigenvalue weighted by molar-refractivity contribution is 7.91. The van der Waals surface area contributed by atoms with E-state index in [-0.39, 0.29) is 42.9 Å². The fourth-order valence-electron chi connectivity index (χ4n) is 3.17. The van der Waals surface area contributed by atoms with Gasteiger partial charge in [-0.2, -0.15) is 0 Å². The summed E-state index contributed by atoms with van der Waals surface area (Å²) in [5.41, 5.74) is -2.33. The smallest absolute Gasteiger partial charge is 0.406 e. The zero-order chi connectivity index (χ0) is 19.6. The van der Waals surface area contributed by atoms with Crippen molar-refractivity contribution in [1.82, 2.24) is 5.32 Å². The van der Waals surface area contributed by atoms with E-state index in [1.165, 1.54) is 7.11 Å². The standard InChI is InChI=1S/C17H19F3N2O4S/c1-25-16(23)21-9-11-8-14(22-26-11)10-6-12(18)15(13(19)7-10)17(20)2-4-27(24)5-3-17/h6-7,11H,2-5,8-9H2,1H3,(H,21,23). The molecule has 2 aliphatic rings. The lowest BCUT2D eigenvalue weighted by Crippen LogP contribution is -2.35. The topological polar surface area (TPSA) is 83.0 Å². The fraction of sp³-hybridized carbons (Fsp3) is 0.529. The summed E-state index contributed by atoms with van der Waals surface area (Å²) in [4.78, 5) is 16.2. The van der Waals surface area contributed by atoms with E-state index >= 15 is 4.39 Å². The summed E-state index contributed by atoms with van der Waals surface area (Å²) in [6, 6.07) is 2.06. The lowest BCUT2D eigenvalue weighted by atomic mass is 9.87. The Bertz CT molecular complexity index is 731. The Kier molecular flexibility index (Phi) is 5.85. The van der Waals surface area contributed by atoms with E-state index < -0.39 is 46.2 Å². The number of amides is 1. The molecule has 1 atom stereocenters. The van der Waals surface area contributed by atoms with Gasteiger partial charge in [-0.05, 0) is 12.1 Å². The first-order chi connectivity index (χ1) is 12.8. The maximum Gasteiger partial charge on any atom is 0.406 e. The number of alkyl carbamates (subject to hydrolysis) is 1. The minimum absolute atomic E-state index is 0.0759. The van der Waals surface area contributed by atoms with Crippen molar-refractivity contribution in [2.45, 2.75) is 31.0 Å². The van der Waals surface area contributed by atoms with Crippen LogP contribution in [0.25, 0.3) is 0 Å². The van der Waals surface area contributed by atoms with Crippen LogP contribution in [0, 0.1) is 11.6 Å². The van der Waals surface area contributed by atoms with Crippen LogP contribution in [0.1, 0.15) is 30.4 Å². The van der Waals surface area contributed by atoms with Crippen LogP contribution in [0.2, 0.25) is 0 Å². The average Bonchev–Trinajstić information content (AvgIpc) is 3.11. The highest BCUT2D eigenvalue weighted by atomic mass is 32.2. The number of hydrogen-bond acceptors (Lipinski definition) is 5. The first-order valence-corrected chi connectivity index (χ1v) is 9.89. The molecule has 1 N–H and O–H groups in total. The molecule has 1 amide bonds. The minimum atomic E-state index is -2.17. The molecule has 1 aromatic rings. The van der Waals surface area contributed by atoms with Gasteiger partial charge in [-0.3, -0.25) is 0 Å². The summed E-state index contributed by atoms with van der Waals surface area (Å²) < 4.78 is 60.0. The van der Waals surface area contributed by atoms with Crippen molar-refractivity contribution in [2.75, 3.05) is 25.2 Å². The van der Waals surface area contributed by atoms with Crippen LogP contribution >= 0.6 is 0 Å². The third-order valence-corrected chi connectivity index (χ3v) is 5.99. The second-order valence-electron chi connectivity index (χ2n) is 6.47. The van der Waals surface area contributed by atoms with Crippen LogP contribution in [-0.4, -0.2) is 47.6 Å². The highest BCUT2D eigenvalue weighted by Crippen LogP contribution is 2.41. The second kappa shape index (κ2) is 7.97. The molecule has 0 radical (unpaired) electrons. The minimum Gasteiger partial charge on any atom is -0.616 e. The summed E-state index contributed by atoms with van der Waals surface area (Å²) in [6.45, 7) is 0.119. The van der Waals surface area contributed by atoms with Gasteiger partial charge in [0.15, 0.2) is 11.8 Å². The highest BCUT2D eigenvalue weighted by Gasteiger charge is 2.43. The summed E-state index contributed by atoms with van der Waals surface area (Å²) in [6.07, 6.45) is -1.26. The van der Waals surface area contributed by atoms with Gasteiger partial charge in [0.1, 0.15) is 23.1 Å². The van der Waals surface area contributed by atoms with Crippen molar-refractivity contribution in [3.63, 3.8) is 0 Å². The first kappa shape index (κ1) is 19.8. The molecule has 27 heavy (non-hydrogen) atoms. The molecule has 1 unspecified atom stereocenters. The number of halogens is 3. The maximum absolute atomic E-state index is 15.1. The van der Waals surface area contributed by atoms with Crippen molar-refractivity contribution in [1.29, 1.82) is 0 Å². The Morgan fingerprint density at radius 2 is 2.04 bits per heavy atom. The van der Waals surface area contributed by atoms with Crippen LogP contribution in [0.4, 0.5) is 18.0 Å². The molecule has 148 valence electrons. The number of nitrogens with one attached hydrogen (secondary N) is 1. The summed E-state index contributed by atoms with van der Waals surface area (Å²) in [5, 5.41) is 6.25. The number of rotatable bonds is 4. The van der Waals surface area contributed by atoms with Gasteiger partial charge in [0.2, 0.25) is 0 Å². The van der Waals surface area contributed by atoms with E-state index in [2.05, 4.69) is 15.2 Å². The van der Waals surface area contributed by atoms with Crippen molar-refractivity contribution >= 4 is 23.0 Å². The normalized spacial score (nSPS) is 27.7. The molecule has 0 saturated carbocycles. The Morgan fingerprint density at radius 3 is 2.63 bits per heavy atom. The first-order valence-electron chi connectivity index (χ1n) is 8.40. The Balaban J connectivity index is 1.73. The molecular formula is C17H19F3N2O4S. The average molecular weight is 404 g/mol. The molecule has 1 fully saturated rings. The second-order valence-corrected chi connectivity index (χ2v) is 8.17. The van der Waals surface area contributed by atoms with E-state index in [1.54, 1.807) is 0 Å². The number of carbonyl (C=O) groups is 1. The van der Waals surface area contributed by atoms with E-state index in [0.29, 0.717) is 5.71 Å². The van der Waals surface area contributed by atoms with Gasteiger partial charge in [-0.25, -0.2) is 18.0 Å². The third-order valence-electron chi connectivity index (χ3n) is 4.67. The van der Waals surface area contributed by atoms with Crippen LogP contribution < -0.4 is 5.32 Å². The largest absolute Gasteiger partial charge is 0.616 e. The van der Waals surface area contributed by atoms with Crippen molar-refractivity contribution < 1.29 is 32.1 Å². The molecule has 6 nitrogen and oxygen atoms in total. The van der Waals surface area contributed by atoms with Gasteiger partial charge in [-0.1, -0.05) is 16.3 Å². The van der Waals surface area contributed by atoms with Crippen molar-refractivity contribution in [3.05, 3.63) is 34.9 Å². The van der Waals surface area contributed by atoms with Crippen LogP contribution in [0.5, 0.6) is 0 Å². The van der Waals surface area contributed by atoms with Crippen LogP contribution in [0.15, 0.2) is 17.3 Å². The fourth-order valence-corrected chi connectivity index (χ4v) is 4.48. The summed E-state index contributed by atoms with van der Waals surface area (Å²) in [7, 11) is 1.22. The molecular weight excluding hydrogens is 385 g/mol. The number of carbonyl (C=O) groups excluding carboxylic acids is 1. The van der Waals surface area contributed by atoms with E-state index in [1.807, 2.05) is 0 Å². The number of hydrogen-bond donors (Lipinski definition) is 1. The summed E-state index contributed by atoms with van der Waals surface area (Å²) in [5.74, 6) is -1.85. The maximum atomic E-state index is 15.1. The molecule has 0 bridgehead atoms. The van der Waals surface area contributed by atoms with Gasteiger partial charge < -0.3 is 19.4 Å². The van der Waals surface area contributed by atoms with Crippen LogP contribution in [0.3, 0.4) is 0 Å². The molecule has 1 saturated heterocycles. The molecule has 1 aromatic carbocycles. The van der Waals surface area contributed by atoms with Gasteiger partial charge >= 0.3 is 6.09 Å². The van der Waals surface area contributed by atoms with Gasteiger partial charge in [0, 0.05) is 24.8 Å². The SMILES string of the molecule is COC(=O)NCC1CC(c2cc(F)c(C3(F)CC[S+]([O-])CC3)c(F)c2)=NO1. The third kappa shape index (κ3) is 4.32. The number of methoxy groups -OCH3 is 1. The van der Waals surface area contributed by atoms with Crippen LogP contribution in [-0.2, 0) is 26.4 Å². The monoisotopic (exact) mass is 404 g/mol. The number of oxime groups is 1. The predicted molar refractivity (Wildman–Crippen MR) is 92.7 cm³/mol. The number of nitrogens with zero attached hydrogens (tertiary/aromatic N) is 1. The zero-order valence-corrected chi connectivity index (χ0v) is 15.4. The van der Waals surface area contributed by atoms with E-state index in [0.717, 1.165) is 12.1 Å². The zero-order valence-electron chi connectivity index (χ0n) is 14.6.